The van der Waals surface area contributed by atoms with Gasteiger partial charge in [-0.3, -0.25) is 4.79 Å². The van der Waals surface area contributed by atoms with Crippen molar-refractivity contribution in [2.75, 3.05) is 7.11 Å². The fraction of sp³-hybridized carbons (Fsp3) is 0.222. The van der Waals surface area contributed by atoms with Crippen LogP contribution in [-0.2, 0) is 9.53 Å². The van der Waals surface area contributed by atoms with Gasteiger partial charge in [0.2, 0.25) is 0 Å². The summed E-state index contributed by atoms with van der Waals surface area (Å²) < 4.78 is 5.64. The van der Waals surface area contributed by atoms with Crippen molar-refractivity contribution in [2.24, 2.45) is 5.73 Å². The molecule has 0 saturated heterocycles. The average Bonchev–Trinajstić information content (AvgIpc) is 2.17. The summed E-state index contributed by atoms with van der Waals surface area (Å²) in [5, 5.41) is 0. The molecule has 2 N–H and O–H groups in total. The van der Waals surface area contributed by atoms with E-state index < -0.39 is 12.0 Å². The molecule has 0 radical (unpaired) electrons. The zero-order valence-electron chi connectivity index (χ0n) is 7.57. The van der Waals surface area contributed by atoms with E-state index in [0.717, 1.165) is 9.13 Å². The van der Waals surface area contributed by atoms with E-state index >= 15 is 0 Å². The molecule has 0 bridgehead atoms. The molecule has 0 aromatic heterocycles. The van der Waals surface area contributed by atoms with Crippen molar-refractivity contribution in [3.05, 3.63) is 33.4 Å². The van der Waals surface area contributed by atoms with Crippen LogP contribution in [0.2, 0.25) is 0 Å². The molecule has 0 aliphatic rings. The van der Waals surface area contributed by atoms with Gasteiger partial charge in [0.15, 0.2) is 0 Å². The molecule has 1 rings (SSSR count). The molecule has 1 aromatic carbocycles. The zero-order chi connectivity index (χ0) is 9.84. The molecule has 3 nitrogen and oxygen atoms in total. The third-order valence-corrected chi connectivity index (χ3v) is 2.40. The quantitative estimate of drug-likeness (QED) is 0.666. The zero-order valence-corrected chi connectivity index (χ0v) is 10.5. The lowest BCUT2D eigenvalue weighted by Crippen LogP contribution is -2.22. The van der Waals surface area contributed by atoms with Crippen LogP contribution >= 0.6 is 35.0 Å². The molecule has 0 heterocycles. The maximum atomic E-state index is 11.0. The largest absolute Gasteiger partial charge is 0.468 e. The fourth-order valence-corrected chi connectivity index (χ4v) is 1.29. The van der Waals surface area contributed by atoms with Crippen LogP contribution in [-0.4, -0.2) is 13.1 Å². The first-order valence-electron chi connectivity index (χ1n) is 3.74. The standard InChI is InChI=1S/C9H10INO2.ClH/c1-13-9(12)8(11)6-2-4-7(10)5-3-6;/h2-5,8H,11H2,1H3;1H/t8-;/m0./s1. The second kappa shape index (κ2) is 6.21. The van der Waals surface area contributed by atoms with E-state index in [1.807, 2.05) is 24.3 Å². The third kappa shape index (κ3) is 3.43. The van der Waals surface area contributed by atoms with Crippen molar-refractivity contribution in [3.8, 4) is 0 Å². The van der Waals surface area contributed by atoms with Crippen molar-refractivity contribution in [1.29, 1.82) is 0 Å². The minimum absolute atomic E-state index is 0. The van der Waals surface area contributed by atoms with E-state index in [1.165, 1.54) is 7.11 Å². The Labute approximate surface area is 103 Å². The minimum Gasteiger partial charge on any atom is -0.468 e. The number of ether oxygens (including phenoxy) is 1. The number of halogens is 2. The number of nitrogens with two attached hydrogens (primary N) is 1. The maximum absolute atomic E-state index is 11.0. The normalized spacial score (nSPS) is 11.4. The average molecular weight is 328 g/mol. The predicted octanol–water partition coefficient (Wildman–Crippen LogP) is 1.89. The second-order valence-electron chi connectivity index (χ2n) is 2.55. The van der Waals surface area contributed by atoms with Gasteiger partial charge in [0.25, 0.3) is 0 Å². The van der Waals surface area contributed by atoms with Crippen molar-refractivity contribution in [1.82, 2.24) is 0 Å². The van der Waals surface area contributed by atoms with Crippen molar-refractivity contribution >= 4 is 41.0 Å². The Morgan fingerprint density at radius 2 is 1.93 bits per heavy atom. The van der Waals surface area contributed by atoms with Crippen molar-refractivity contribution in [2.45, 2.75) is 6.04 Å². The van der Waals surface area contributed by atoms with Gasteiger partial charge < -0.3 is 10.5 Å². The van der Waals surface area contributed by atoms with E-state index in [1.54, 1.807) is 0 Å². The van der Waals surface area contributed by atoms with Crippen LogP contribution in [0, 0.1) is 3.57 Å². The summed E-state index contributed by atoms with van der Waals surface area (Å²) in [5.74, 6) is -0.416. The molecule has 0 fully saturated rings. The Balaban J connectivity index is 0.00000169. The molecule has 0 unspecified atom stereocenters. The molecule has 5 heteroatoms. The van der Waals surface area contributed by atoms with Crippen molar-refractivity contribution < 1.29 is 9.53 Å². The Kier molecular flexibility index (Phi) is 6.06. The molecule has 0 amide bonds. The summed E-state index contributed by atoms with van der Waals surface area (Å²) in [5.41, 5.74) is 6.39. The Morgan fingerprint density at radius 1 is 1.43 bits per heavy atom. The molecular weight excluding hydrogens is 316 g/mol. The number of carbonyl (C=O) groups is 1. The summed E-state index contributed by atoms with van der Waals surface area (Å²) in [6, 6.07) is 6.77. The number of esters is 1. The van der Waals surface area contributed by atoms with Crippen LogP contribution in [0.1, 0.15) is 11.6 Å². The highest BCUT2D eigenvalue weighted by molar-refractivity contribution is 14.1. The van der Waals surface area contributed by atoms with E-state index in [-0.39, 0.29) is 12.4 Å². The lowest BCUT2D eigenvalue weighted by atomic mass is 10.1. The highest BCUT2D eigenvalue weighted by Gasteiger charge is 2.15. The summed E-state index contributed by atoms with van der Waals surface area (Å²) in [6.07, 6.45) is 0. The monoisotopic (exact) mass is 327 g/mol. The number of methoxy groups -OCH3 is 1. The van der Waals surface area contributed by atoms with Gasteiger partial charge in [0, 0.05) is 3.57 Å². The summed E-state index contributed by atoms with van der Waals surface area (Å²) >= 11 is 2.19. The SMILES string of the molecule is COC(=O)[C@@H](N)c1ccc(I)cc1.Cl. The topological polar surface area (TPSA) is 52.3 Å². The predicted molar refractivity (Wildman–Crippen MR) is 65.4 cm³/mol. The third-order valence-electron chi connectivity index (χ3n) is 1.68. The molecule has 0 aliphatic heterocycles. The van der Waals surface area contributed by atoms with Crippen molar-refractivity contribution in [3.63, 3.8) is 0 Å². The van der Waals surface area contributed by atoms with Crippen LogP contribution in [0.3, 0.4) is 0 Å². The van der Waals surface area contributed by atoms with Gasteiger partial charge in [-0.2, -0.15) is 0 Å². The Morgan fingerprint density at radius 3 is 2.36 bits per heavy atom. The number of hydrogen-bond donors (Lipinski definition) is 1. The van der Waals surface area contributed by atoms with Gasteiger partial charge in [-0.25, -0.2) is 0 Å². The first-order valence-corrected chi connectivity index (χ1v) is 4.82. The van der Waals surface area contributed by atoms with E-state index in [0.29, 0.717) is 0 Å². The van der Waals surface area contributed by atoms with Gasteiger partial charge in [0.05, 0.1) is 7.11 Å². The molecule has 78 valence electrons. The number of hydrogen-bond acceptors (Lipinski definition) is 3. The lowest BCUT2D eigenvalue weighted by Gasteiger charge is -2.08. The van der Waals surface area contributed by atoms with Gasteiger partial charge in [-0.05, 0) is 40.3 Å². The molecule has 0 saturated carbocycles. The summed E-state index contributed by atoms with van der Waals surface area (Å²) in [4.78, 5) is 11.0. The minimum atomic E-state index is -0.679. The summed E-state index contributed by atoms with van der Waals surface area (Å²) in [7, 11) is 1.33. The molecule has 0 spiro atoms. The highest BCUT2D eigenvalue weighted by atomic mass is 127. The highest BCUT2D eigenvalue weighted by Crippen LogP contribution is 2.13. The molecule has 1 aromatic rings. The molecular formula is C9H11ClINO2. The van der Waals surface area contributed by atoms with Gasteiger partial charge in [-0.15, -0.1) is 12.4 Å². The van der Waals surface area contributed by atoms with E-state index in [4.69, 9.17) is 5.73 Å². The maximum Gasteiger partial charge on any atom is 0.327 e. The van der Waals surface area contributed by atoms with Gasteiger partial charge in [0.1, 0.15) is 6.04 Å². The fourth-order valence-electron chi connectivity index (χ4n) is 0.933. The van der Waals surface area contributed by atoms with Gasteiger partial charge >= 0.3 is 5.97 Å². The molecule has 0 aliphatic carbocycles. The Hall–Kier alpha value is -0.330. The van der Waals surface area contributed by atoms with Crippen LogP contribution in [0.4, 0.5) is 0 Å². The summed E-state index contributed by atoms with van der Waals surface area (Å²) in [6.45, 7) is 0. The van der Waals surface area contributed by atoms with Crippen LogP contribution in [0.25, 0.3) is 0 Å². The van der Waals surface area contributed by atoms with E-state index in [9.17, 15) is 4.79 Å². The van der Waals surface area contributed by atoms with E-state index in [2.05, 4.69) is 27.3 Å². The van der Waals surface area contributed by atoms with Crippen LogP contribution in [0.5, 0.6) is 0 Å². The number of benzene rings is 1. The second-order valence-corrected chi connectivity index (χ2v) is 3.80. The number of carbonyl (C=O) groups excluding carboxylic acids is 1. The molecule has 14 heavy (non-hydrogen) atoms. The van der Waals surface area contributed by atoms with Crippen LogP contribution < -0.4 is 5.73 Å². The lowest BCUT2D eigenvalue weighted by molar-refractivity contribution is -0.142. The first kappa shape index (κ1) is 13.7. The smallest absolute Gasteiger partial charge is 0.327 e. The Bertz CT molecular complexity index is 302. The first-order chi connectivity index (χ1) is 6.15. The number of rotatable bonds is 2. The molecule has 1 atom stereocenters. The van der Waals surface area contributed by atoms with Gasteiger partial charge in [-0.1, -0.05) is 12.1 Å². The van der Waals surface area contributed by atoms with Crippen LogP contribution in [0.15, 0.2) is 24.3 Å².